The first kappa shape index (κ1) is 25.4. The zero-order valence-electron chi connectivity index (χ0n) is 21.4. The van der Waals surface area contributed by atoms with Crippen LogP contribution >= 0.6 is 0 Å². The molecule has 10 nitrogen and oxygen atoms in total. The van der Waals surface area contributed by atoms with E-state index in [0.29, 0.717) is 35.0 Å². The van der Waals surface area contributed by atoms with E-state index in [1.54, 1.807) is 41.1 Å². The van der Waals surface area contributed by atoms with E-state index in [1.807, 2.05) is 45.0 Å². The molecule has 4 rings (SSSR count). The molecule has 2 N–H and O–H groups in total. The molecule has 0 saturated carbocycles. The number of aliphatic hydroxyl groups is 1. The first-order chi connectivity index (χ1) is 17.2. The number of anilines is 2. The molecule has 0 saturated heterocycles. The van der Waals surface area contributed by atoms with Gasteiger partial charge in [0.25, 0.3) is 5.91 Å². The molecule has 3 atom stereocenters. The number of ether oxygens (including phenoxy) is 3. The smallest absolute Gasteiger partial charge is 0.321 e. The number of nitrogens with zero attached hydrogens (tertiary/aromatic N) is 3. The number of para-hydroxylation sites is 1. The van der Waals surface area contributed by atoms with Gasteiger partial charge in [0.05, 0.1) is 30.4 Å². The summed E-state index contributed by atoms with van der Waals surface area (Å²) in [5.41, 5.74) is 1.80. The topological polar surface area (TPSA) is 104 Å². The summed E-state index contributed by atoms with van der Waals surface area (Å²) >= 11 is 0. The van der Waals surface area contributed by atoms with Gasteiger partial charge in [-0.25, -0.2) is 4.79 Å². The molecular formula is C26H34N4O6. The standard InChI is InChI=1S/C26H34N4O6/c1-16-12-30(17(2)14-31)25(32)19-7-6-8-20(28(3)4)24(19)36-23(16)13-29(5)26(33)27-18-9-10-21-22(11-18)35-15-34-21/h6-11,16-17,23,31H,12-15H2,1-5H3,(H,27,33)/t16-,17-,23+/m0/s1. The summed E-state index contributed by atoms with van der Waals surface area (Å²) in [4.78, 5) is 31.6. The van der Waals surface area contributed by atoms with Gasteiger partial charge in [-0.3, -0.25) is 4.79 Å². The number of urea groups is 1. The summed E-state index contributed by atoms with van der Waals surface area (Å²) in [5.74, 6) is 1.40. The van der Waals surface area contributed by atoms with Crippen LogP contribution in [0, 0.1) is 5.92 Å². The van der Waals surface area contributed by atoms with Gasteiger partial charge in [0.1, 0.15) is 6.10 Å². The zero-order valence-corrected chi connectivity index (χ0v) is 21.4. The van der Waals surface area contributed by atoms with Crippen molar-refractivity contribution in [2.45, 2.75) is 26.0 Å². The Morgan fingerprint density at radius 2 is 1.94 bits per heavy atom. The maximum atomic E-state index is 13.5. The van der Waals surface area contributed by atoms with Crippen molar-refractivity contribution in [3.63, 3.8) is 0 Å². The van der Waals surface area contributed by atoms with Crippen LogP contribution < -0.4 is 24.4 Å². The van der Waals surface area contributed by atoms with Crippen molar-refractivity contribution in [2.75, 3.05) is 57.8 Å². The highest BCUT2D eigenvalue weighted by atomic mass is 16.7. The number of rotatable bonds is 6. The monoisotopic (exact) mass is 498 g/mol. The Kier molecular flexibility index (Phi) is 7.44. The van der Waals surface area contributed by atoms with E-state index in [0.717, 1.165) is 5.69 Å². The number of carbonyl (C=O) groups excluding carboxylic acids is 2. The molecule has 194 valence electrons. The third kappa shape index (κ3) is 5.13. The van der Waals surface area contributed by atoms with E-state index >= 15 is 0 Å². The molecule has 2 aliphatic heterocycles. The van der Waals surface area contributed by atoms with Crippen LogP contribution in [-0.4, -0.2) is 86.6 Å². The number of hydrogen-bond donors (Lipinski definition) is 2. The molecule has 10 heteroatoms. The molecule has 36 heavy (non-hydrogen) atoms. The highest BCUT2D eigenvalue weighted by Gasteiger charge is 2.35. The lowest BCUT2D eigenvalue weighted by Crippen LogP contribution is -2.50. The summed E-state index contributed by atoms with van der Waals surface area (Å²) in [7, 11) is 5.48. The molecule has 2 aromatic carbocycles. The molecule has 2 heterocycles. The fourth-order valence-corrected chi connectivity index (χ4v) is 4.34. The zero-order chi connectivity index (χ0) is 26.0. The fourth-order valence-electron chi connectivity index (χ4n) is 4.34. The van der Waals surface area contributed by atoms with Crippen LogP contribution in [0.25, 0.3) is 0 Å². The summed E-state index contributed by atoms with van der Waals surface area (Å²) in [5, 5.41) is 12.7. The molecule has 0 bridgehead atoms. The molecule has 2 aromatic rings. The highest BCUT2D eigenvalue weighted by Crippen LogP contribution is 2.36. The summed E-state index contributed by atoms with van der Waals surface area (Å²) in [6.07, 6.45) is -0.404. The normalized spacial score (nSPS) is 19.5. The van der Waals surface area contributed by atoms with Gasteiger partial charge < -0.3 is 39.3 Å². The van der Waals surface area contributed by atoms with E-state index < -0.39 is 6.10 Å². The lowest BCUT2D eigenvalue weighted by molar-refractivity contribution is 0.0372. The maximum absolute atomic E-state index is 13.5. The second-order valence-electron chi connectivity index (χ2n) is 9.55. The molecule has 0 spiro atoms. The second-order valence-corrected chi connectivity index (χ2v) is 9.55. The molecule has 0 radical (unpaired) electrons. The predicted molar refractivity (Wildman–Crippen MR) is 136 cm³/mol. The van der Waals surface area contributed by atoms with Gasteiger partial charge in [0.15, 0.2) is 17.2 Å². The minimum atomic E-state index is -0.404. The second kappa shape index (κ2) is 10.5. The Morgan fingerprint density at radius 3 is 2.67 bits per heavy atom. The first-order valence-electron chi connectivity index (χ1n) is 12.0. The fraction of sp³-hybridized carbons (Fsp3) is 0.462. The largest absolute Gasteiger partial charge is 0.485 e. The summed E-state index contributed by atoms with van der Waals surface area (Å²) in [6.45, 7) is 4.49. The van der Waals surface area contributed by atoms with E-state index in [9.17, 15) is 14.7 Å². The summed E-state index contributed by atoms with van der Waals surface area (Å²) < 4.78 is 17.2. The maximum Gasteiger partial charge on any atom is 0.321 e. The number of nitrogens with one attached hydrogen (secondary N) is 1. The van der Waals surface area contributed by atoms with Crippen molar-refractivity contribution in [2.24, 2.45) is 5.92 Å². The Labute approximate surface area is 211 Å². The third-order valence-electron chi connectivity index (χ3n) is 6.58. The number of likely N-dealkylation sites (N-methyl/N-ethyl adjacent to an activating group) is 1. The van der Waals surface area contributed by atoms with Crippen LogP contribution in [0.5, 0.6) is 17.2 Å². The van der Waals surface area contributed by atoms with Crippen LogP contribution in [0.2, 0.25) is 0 Å². The van der Waals surface area contributed by atoms with Gasteiger partial charge in [0.2, 0.25) is 6.79 Å². The lowest BCUT2D eigenvalue weighted by atomic mass is 9.99. The van der Waals surface area contributed by atoms with Crippen LogP contribution in [0.3, 0.4) is 0 Å². The van der Waals surface area contributed by atoms with Gasteiger partial charge in [-0.2, -0.15) is 0 Å². The first-order valence-corrected chi connectivity index (χ1v) is 12.0. The number of aliphatic hydroxyl groups excluding tert-OH is 1. The van der Waals surface area contributed by atoms with E-state index in [4.69, 9.17) is 14.2 Å². The minimum Gasteiger partial charge on any atom is -0.485 e. The number of hydrogen-bond acceptors (Lipinski definition) is 7. The minimum absolute atomic E-state index is 0.118. The van der Waals surface area contributed by atoms with Gasteiger partial charge in [-0.15, -0.1) is 0 Å². The van der Waals surface area contributed by atoms with Crippen molar-refractivity contribution < 1.29 is 28.9 Å². The lowest BCUT2D eigenvalue weighted by Gasteiger charge is -2.39. The van der Waals surface area contributed by atoms with Crippen molar-refractivity contribution >= 4 is 23.3 Å². The average molecular weight is 499 g/mol. The Balaban J connectivity index is 1.58. The van der Waals surface area contributed by atoms with Gasteiger partial charge in [-0.1, -0.05) is 13.0 Å². The van der Waals surface area contributed by atoms with Crippen LogP contribution in [0.15, 0.2) is 36.4 Å². The number of carbonyl (C=O) groups is 2. The van der Waals surface area contributed by atoms with Crippen molar-refractivity contribution in [1.82, 2.24) is 9.80 Å². The third-order valence-corrected chi connectivity index (χ3v) is 6.58. The summed E-state index contributed by atoms with van der Waals surface area (Å²) in [6, 6.07) is 10.0. The molecule has 0 aromatic heterocycles. The molecule has 2 aliphatic rings. The van der Waals surface area contributed by atoms with E-state index in [-0.39, 0.29) is 43.8 Å². The molecular weight excluding hydrogens is 464 g/mol. The van der Waals surface area contributed by atoms with Crippen molar-refractivity contribution in [3.8, 4) is 17.2 Å². The van der Waals surface area contributed by atoms with E-state index in [1.165, 1.54) is 0 Å². The molecule has 0 unspecified atom stereocenters. The van der Waals surface area contributed by atoms with Gasteiger partial charge in [0, 0.05) is 45.4 Å². The van der Waals surface area contributed by atoms with Crippen LogP contribution in [0.4, 0.5) is 16.2 Å². The predicted octanol–water partition coefficient (Wildman–Crippen LogP) is 2.87. The SMILES string of the molecule is C[C@H]1CN([C@@H](C)CO)C(=O)c2cccc(N(C)C)c2O[C@@H]1CN(C)C(=O)Nc1ccc2c(c1)OCO2. The molecule has 3 amide bonds. The van der Waals surface area contributed by atoms with Crippen molar-refractivity contribution in [3.05, 3.63) is 42.0 Å². The number of amides is 3. The molecule has 0 fully saturated rings. The Morgan fingerprint density at radius 1 is 1.19 bits per heavy atom. The molecule has 0 aliphatic carbocycles. The van der Waals surface area contributed by atoms with Crippen molar-refractivity contribution in [1.29, 1.82) is 0 Å². The number of fused-ring (bicyclic) bond motifs is 2. The Bertz CT molecular complexity index is 1120. The van der Waals surface area contributed by atoms with Crippen LogP contribution in [0.1, 0.15) is 24.2 Å². The van der Waals surface area contributed by atoms with E-state index in [2.05, 4.69) is 5.32 Å². The average Bonchev–Trinajstić information content (AvgIpc) is 3.33. The van der Waals surface area contributed by atoms with Crippen LogP contribution in [-0.2, 0) is 0 Å². The Hall–Kier alpha value is -3.66. The number of benzene rings is 2. The van der Waals surface area contributed by atoms with Gasteiger partial charge in [-0.05, 0) is 31.2 Å². The van der Waals surface area contributed by atoms with Gasteiger partial charge >= 0.3 is 6.03 Å². The quantitative estimate of drug-likeness (QED) is 0.631. The highest BCUT2D eigenvalue weighted by molar-refractivity contribution is 5.99.